The molecule has 2 nitrogen and oxygen atoms in total. The lowest BCUT2D eigenvalue weighted by atomic mass is 9.71. The second-order valence-corrected chi connectivity index (χ2v) is 7.51. The highest BCUT2D eigenvalue weighted by Crippen LogP contribution is 2.51. The van der Waals surface area contributed by atoms with Gasteiger partial charge in [0.1, 0.15) is 17.1 Å². The zero-order valence-corrected chi connectivity index (χ0v) is 14.7. The molecule has 1 aromatic rings. The maximum absolute atomic E-state index is 10.7. The highest BCUT2D eigenvalue weighted by molar-refractivity contribution is 5.55. The number of allylic oxidation sites excluding steroid dienone is 3. The van der Waals surface area contributed by atoms with E-state index in [0.29, 0.717) is 5.75 Å². The number of rotatable bonds is 4. The third-order valence-corrected chi connectivity index (χ3v) is 5.15. The molecular weight excluding hydrogens is 284 g/mol. The predicted molar refractivity (Wildman–Crippen MR) is 95.2 cm³/mol. The molecule has 2 atom stereocenters. The lowest BCUT2D eigenvalue weighted by Gasteiger charge is -2.44. The van der Waals surface area contributed by atoms with Gasteiger partial charge in [-0.05, 0) is 51.3 Å². The van der Waals surface area contributed by atoms with Gasteiger partial charge < -0.3 is 9.84 Å². The Morgan fingerprint density at radius 2 is 2.00 bits per heavy atom. The minimum Gasteiger partial charge on any atom is -0.507 e. The van der Waals surface area contributed by atoms with Crippen molar-refractivity contribution in [2.45, 2.75) is 64.9 Å². The van der Waals surface area contributed by atoms with Crippen LogP contribution in [0, 0.1) is 5.92 Å². The van der Waals surface area contributed by atoms with E-state index in [-0.39, 0.29) is 17.4 Å². The van der Waals surface area contributed by atoms with Crippen LogP contribution < -0.4 is 4.74 Å². The number of unbranched alkanes of at least 4 members (excludes halogenated alkanes) is 2. The lowest BCUT2D eigenvalue weighted by Crippen LogP contribution is -2.43. The van der Waals surface area contributed by atoms with E-state index >= 15 is 0 Å². The topological polar surface area (TPSA) is 29.5 Å². The van der Waals surface area contributed by atoms with Crippen LogP contribution in [-0.4, -0.2) is 10.7 Å². The summed E-state index contributed by atoms with van der Waals surface area (Å²) in [6.07, 6.45) is 11.3. The van der Waals surface area contributed by atoms with Gasteiger partial charge in [-0.25, -0.2) is 0 Å². The molecule has 1 aliphatic carbocycles. The maximum atomic E-state index is 10.7. The van der Waals surface area contributed by atoms with Gasteiger partial charge in [-0.15, -0.1) is 0 Å². The van der Waals surface area contributed by atoms with Crippen LogP contribution in [0.2, 0.25) is 0 Å². The van der Waals surface area contributed by atoms with Gasteiger partial charge in [0.2, 0.25) is 0 Å². The molecule has 0 saturated heterocycles. The van der Waals surface area contributed by atoms with Crippen molar-refractivity contribution in [1.29, 1.82) is 0 Å². The first-order valence-electron chi connectivity index (χ1n) is 8.84. The van der Waals surface area contributed by atoms with Crippen LogP contribution in [0.15, 0.2) is 35.9 Å². The molecule has 1 N–H and O–H groups in total. The lowest BCUT2D eigenvalue weighted by molar-refractivity contribution is 0.0386. The standard InChI is InChI=1S/C21H28O2/c1-5-6-7-8-15-12-18(22)20-16-11-14(2)9-10-17(16)21(3,4)23-19(20)13-15/h9-13,16-17,22H,5-8H2,1-4H3/t16?,17-/m1/s1. The summed E-state index contributed by atoms with van der Waals surface area (Å²) in [7, 11) is 0. The Bertz CT molecular complexity index is 652. The summed E-state index contributed by atoms with van der Waals surface area (Å²) in [5, 5.41) is 10.7. The zero-order valence-electron chi connectivity index (χ0n) is 14.7. The third-order valence-electron chi connectivity index (χ3n) is 5.15. The normalized spacial score (nSPS) is 24.4. The number of aryl methyl sites for hydroxylation is 1. The van der Waals surface area contributed by atoms with E-state index in [2.05, 4.69) is 52.0 Å². The Morgan fingerprint density at radius 3 is 2.74 bits per heavy atom. The second kappa shape index (κ2) is 6.07. The summed E-state index contributed by atoms with van der Waals surface area (Å²) in [6.45, 7) is 8.62. The van der Waals surface area contributed by atoms with Crippen LogP contribution in [0.3, 0.4) is 0 Å². The number of phenols is 1. The van der Waals surface area contributed by atoms with Crippen molar-refractivity contribution in [3.05, 3.63) is 47.1 Å². The molecule has 2 heteroatoms. The number of benzene rings is 1. The number of fused-ring (bicyclic) bond motifs is 3. The van der Waals surface area contributed by atoms with E-state index in [9.17, 15) is 5.11 Å². The second-order valence-electron chi connectivity index (χ2n) is 7.51. The summed E-state index contributed by atoms with van der Waals surface area (Å²) in [6, 6.07) is 4.08. The van der Waals surface area contributed by atoms with Crippen molar-refractivity contribution in [3.63, 3.8) is 0 Å². The maximum Gasteiger partial charge on any atom is 0.127 e. The molecule has 0 amide bonds. The number of ether oxygens (including phenoxy) is 1. The van der Waals surface area contributed by atoms with Gasteiger partial charge >= 0.3 is 0 Å². The molecule has 0 saturated carbocycles. The fourth-order valence-corrected chi connectivity index (χ4v) is 3.91. The average Bonchev–Trinajstić information content (AvgIpc) is 2.46. The molecule has 0 spiro atoms. The minimum absolute atomic E-state index is 0.198. The van der Waals surface area contributed by atoms with E-state index in [1.807, 2.05) is 6.07 Å². The summed E-state index contributed by atoms with van der Waals surface area (Å²) < 4.78 is 6.31. The first-order chi connectivity index (χ1) is 10.9. The van der Waals surface area contributed by atoms with Gasteiger partial charge in [-0.1, -0.05) is 43.6 Å². The van der Waals surface area contributed by atoms with Gasteiger partial charge in [-0.2, -0.15) is 0 Å². The Morgan fingerprint density at radius 1 is 1.22 bits per heavy atom. The molecule has 1 unspecified atom stereocenters. The number of hydrogen-bond donors (Lipinski definition) is 1. The van der Waals surface area contributed by atoms with Crippen LogP contribution >= 0.6 is 0 Å². The van der Waals surface area contributed by atoms with Crippen molar-refractivity contribution in [2.24, 2.45) is 5.92 Å². The highest BCUT2D eigenvalue weighted by Gasteiger charge is 2.43. The summed E-state index contributed by atoms with van der Waals surface area (Å²) in [5.74, 6) is 1.71. The van der Waals surface area contributed by atoms with Gasteiger partial charge in [-0.3, -0.25) is 0 Å². The fraction of sp³-hybridized carbons (Fsp3) is 0.524. The first-order valence-corrected chi connectivity index (χ1v) is 8.84. The highest BCUT2D eigenvalue weighted by atomic mass is 16.5. The van der Waals surface area contributed by atoms with Crippen molar-refractivity contribution < 1.29 is 9.84 Å². The van der Waals surface area contributed by atoms with E-state index < -0.39 is 0 Å². The number of hydrogen-bond acceptors (Lipinski definition) is 2. The van der Waals surface area contributed by atoms with Gasteiger partial charge in [0, 0.05) is 17.4 Å². The zero-order chi connectivity index (χ0) is 16.6. The molecule has 0 bridgehead atoms. The molecule has 1 aromatic carbocycles. The van der Waals surface area contributed by atoms with Crippen LogP contribution in [-0.2, 0) is 6.42 Å². The molecular formula is C21H28O2. The Balaban J connectivity index is 2.00. The van der Waals surface area contributed by atoms with Crippen LogP contribution in [0.25, 0.3) is 0 Å². The quantitative estimate of drug-likeness (QED) is 0.743. The molecule has 124 valence electrons. The van der Waals surface area contributed by atoms with E-state index in [0.717, 1.165) is 24.2 Å². The Labute approximate surface area is 139 Å². The van der Waals surface area contributed by atoms with E-state index in [1.54, 1.807) is 0 Å². The SMILES string of the molecule is CCCCCc1cc(O)c2c(c1)OC(C)(C)[C@@H]1C=CC(C)=CC21. The Kier molecular flexibility index (Phi) is 4.27. The monoisotopic (exact) mass is 312 g/mol. The van der Waals surface area contributed by atoms with E-state index in [4.69, 9.17) is 4.74 Å². The predicted octanol–water partition coefficient (Wildman–Crippen LogP) is 5.51. The molecule has 3 rings (SSSR count). The molecule has 0 aromatic heterocycles. The van der Waals surface area contributed by atoms with Crippen molar-refractivity contribution in [3.8, 4) is 11.5 Å². The molecule has 0 radical (unpaired) electrons. The molecule has 2 aliphatic rings. The van der Waals surface area contributed by atoms with Crippen LogP contribution in [0.5, 0.6) is 11.5 Å². The number of aromatic hydroxyl groups is 1. The molecule has 23 heavy (non-hydrogen) atoms. The van der Waals surface area contributed by atoms with Gasteiger partial charge in [0.15, 0.2) is 0 Å². The molecule has 1 aliphatic heterocycles. The minimum atomic E-state index is -0.264. The fourth-order valence-electron chi connectivity index (χ4n) is 3.91. The average molecular weight is 312 g/mol. The molecule has 0 fully saturated rings. The van der Waals surface area contributed by atoms with Crippen LogP contribution in [0.1, 0.15) is 64.0 Å². The summed E-state index contributed by atoms with van der Waals surface area (Å²) >= 11 is 0. The van der Waals surface area contributed by atoms with Gasteiger partial charge in [0.25, 0.3) is 0 Å². The molecule has 1 heterocycles. The largest absolute Gasteiger partial charge is 0.507 e. The number of phenolic OH excluding ortho intramolecular Hbond substituents is 1. The first kappa shape index (κ1) is 16.2. The third kappa shape index (κ3) is 3.04. The van der Waals surface area contributed by atoms with Gasteiger partial charge in [0.05, 0.1) is 0 Å². The van der Waals surface area contributed by atoms with Crippen LogP contribution in [0.4, 0.5) is 0 Å². The Hall–Kier alpha value is -1.70. The van der Waals surface area contributed by atoms with E-state index in [1.165, 1.54) is 24.0 Å². The summed E-state index contributed by atoms with van der Waals surface area (Å²) in [4.78, 5) is 0. The smallest absolute Gasteiger partial charge is 0.127 e. The summed E-state index contributed by atoms with van der Waals surface area (Å²) in [5.41, 5.74) is 3.12. The van der Waals surface area contributed by atoms with Crippen molar-refractivity contribution >= 4 is 0 Å². The van der Waals surface area contributed by atoms with Crippen molar-refractivity contribution in [1.82, 2.24) is 0 Å². The van der Waals surface area contributed by atoms with Crippen molar-refractivity contribution in [2.75, 3.05) is 0 Å².